The zero-order valence-corrected chi connectivity index (χ0v) is 8.03. The lowest BCUT2D eigenvalue weighted by atomic mass is 10.3. The molecule has 6 heteroatoms. The number of alkyl halides is 2. The minimum absolute atomic E-state index is 0.0468. The summed E-state index contributed by atoms with van der Waals surface area (Å²) in [5.41, 5.74) is -0.503. The van der Waals surface area contributed by atoms with Crippen LogP contribution in [0.4, 0.5) is 8.78 Å². The van der Waals surface area contributed by atoms with E-state index in [4.69, 9.17) is 23.2 Å². The molecule has 0 aromatic carbocycles. The van der Waals surface area contributed by atoms with Crippen LogP contribution in [-0.4, -0.2) is 12.1 Å². The second-order valence-corrected chi connectivity index (χ2v) is 2.92. The molecule has 1 heterocycles. The van der Waals surface area contributed by atoms with E-state index in [-0.39, 0.29) is 15.8 Å². The molecule has 72 valence electrons. The van der Waals surface area contributed by atoms with E-state index in [2.05, 4.69) is 9.72 Å². The number of methoxy groups -OCH3 is 1. The third-order valence-electron chi connectivity index (χ3n) is 1.37. The molecule has 0 unspecified atom stereocenters. The average molecular weight is 228 g/mol. The van der Waals surface area contributed by atoms with E-state index in [1.807, 2.05) is 0 Å². The van der Waals surface area contributed by atoms with Gasteiger partial charge in [-0.2, -0.15) is 0 Å². The second-order valence-electron chi connectivity index (χ2n) is 2.14. The molecule has 2 nitrogen and oxygen atoms in total. The molecule has 0 aliphatic carbocycles. The topological polar surface area (TPSA) is 22.1 Å². The van der Waals surface area contributed by atoms with Crippen molar-refractivity contribution in [3.05, 3.63) is 21.9 Å². The van der Waals surface area contributed by atoms with E-state index >= 15 is 0 Å². The van der Waals surface area contributed by atoms with Crippen molar-refractivity contribution in [2.75, 3.05) is 7.11 Å². The first-order valence-corrected chi connectivity index (χ1v) is 3.99. The Morgan fingerprint density at radius 2 is 2.08 bits per heavy atom. The monoisotopic (exact) mass is 227 g/mol. The molecule has 0 aliphatic rings. The van der Waals surface area contributed by atoms with Crippen LogP contribution >= 0.6 is 23.2 Å². The zero-order valence-electron chi connectivity index (χ0n) is 6.52. The van der Waals surface area contributed by atoms with Crippen LogP contribution in [0.5, 0.6) is 5.75 Å². The van der Waals surface area contributed by atoms with Crippen LogP contribution in [0.3, 0.4) is 0 Å². The Labute approximate surface area is 83.4 Å². The summed E-state index contributed by atoms with van der Waals surface area (Å²) in [6, 6.07) is 0. The number of rotatable bonds is 2. The summed E-state index contributed by atoms with van der Waals surface area (Å²) < 4.78 is 29.2. The molecule has 1 aromatic rings. The van der Waals surface area contributed by atoms with Gasteiger partial charge >= 0.3 is 0 Å². The van der Waals surface area contributed by atoms with Crippen LogP contribution < -0.4 is 4.74 Å². The summed E-state index contributed by atoms with van der Waals surface area (Å²) in [5, 5.41) is 0.0392. The molecule has 1 rings (SSSR count). The number of aromatic nitrogens is 1. The Morgan fingerprint density at radius 3 is 2.54 bits per heavy atom. The molecule has 0 atom stereocenters. The van der Waals surface area contributed by atoms with Crippen molar-refractivity contribution < 1.29 is 13.5 Å². The van der Waals surface area contributed by atoms with E-state index in [0.29, 0.717) is 0 Å². The molecular formula is C7H5Cl2F2NO. The lowest BCUT2D eigenvalue weighted by molar-refractivity contribution is 0.141. The van der Waals surface area contributed by atoms with Crippen molar-refractivity contribution in [1.82, 2.24) is 4.98 Å². The smallest absolute Gasteiger partial charge is 0.284 e. The van der Waals surface area contributed by atoms with Crippen molar-refractivity contribution in [1.29, 1.82) is 0 Å². The summed E-state index contributed by atoms with van der Waals surface area (Å²) in [5.74, 6) is -0.177. The quantitative estimate of drug-likeness (QED) is 0.774. The van der Waals surface area contributed by atoms with E-state index < -0.39 is 12.1 Å². The van der Waals surface area contributed by atoms with Gasteiger partial charge in [0.25, 0.3) is 6.43 Å². The fourth-order valence-corrected chi connectivity index (χ4v) is 1.17. The van der Waals surface area contributed by atoms with Crippen molar-refractivity contribution in [2.24, 2.45) is 0 Å². The van der Waals surface area contributed by atoms with E-state index in [9.17, 15) is 8.78 Å². The molecule has 1 aromatic heterocycles. The standard InChI is InChI=1S/C7H5Cl2F2NO/c1-13-6-4(9)3(8)2-12-5(6)7(10)11/h2,7H,1H3. The van der Waals surface area contributed by atoms with Gasteiger partial charge < -0.3 is 4.74 Å². The van der Waals surface area contributed by atoms with Crippen molar-refractivity contribution in [2.45, 2.75) is 6.43 Å². The number of hydrogen-bond acceptors (Lipinski definition) is 2. The highest BCUT2D eigenvalue weighted by Crippen LogP contribution is 2.37. The first-order chi connectivity index (χ1) is 6.07. The third kappa shape index (κ3) is 2.00. The molecule has 0 saturated carbocycles. The van der Waals surface area contributed by atoms with Crippen LogP contribution in [0.15, 0.2) is 6.20 Å². The highest BCUT2D eigenvalue weighted by atomic mass is 35.5. The van der Waals surface area contributed by atoms with Gasteiger partial charge in [0.15, 0.2) is 5.75 Å². The van der Waals surface area contributed by atoms with E-state index in [0.717, 1.165) is 6.20 Å². The fourth-order valence-electron chi connectivity index (χ4n) is 0.812. The van der Waals surface area contributed by atoms with Crippen LogP contribution in [0.2, 0.25) is 10.0 Å². The summed E-state index contributed by atoms with van der Waals surface area (Å²) >= 11 is 11.2. The summed E-state index contributed by atoms with van der Waals surface area (Å²) in [6.07, 6.45) is -1.67. The first kappa shape index (κ1) is 10.5. The lowest BCUT2D eigenvalue weighted by Crippen LogP contribution is -1.97. The van der Waals surface area contributed by atoms with Gasteiger partial charge in [-0.05, 0) is 0 Å². The Morgan fingerprint density at radius 1 is 1.46 bits per heavy atom. The summed E-state index contributed by atoms with van der Waals surface area (Å²) in [7, 11) is 1.23. The largest absolute Gasteiger partial charge is 0.493 e. The normalized spacial score (nSPS) is 10.6. The molecular weight excluding hydrogens is 223 g/mol. The lowest BCUT2D eigenvalue weighted by Gasteiger charge is -2.08. The number of pyridine rings is 1. The maximum atomic E-state index is 12.3. The zero-order chi connectivity index (χ0) is 10.0. The number of nitrogens with zero attached hydrogens (tertiary/aromatic N) is 1. The summed E-state index contributed by atoms with van der Waals surface area (Å²) in [4.78, 5) is 3.42. The number of halogens is 4. The first-order valence-electron chi connectivity index (χ1n) is 3.24. The number of ether oxygens (including phenoxy) is 1. The van der Waals surface area contributed by atoms with Crippen LogP contribution in [-0.2, 0) is 0 Å². The van der Waals surface area contributed by atoms with Crippen molar-refractivity contribution >= 4 is 23.2 Å². The Kier molecular flexibility index (Phi) is 3.27. The van der Waals surface area contributed by atoms with Gasteiger partial charge in [-0.15, -0.1) is 0 Å². The highest BCUT2D eigenvalue weighted by Gasteiger charge is 2.20. The van der Waals surface area contributed by atoms with Crippen LogP contribution in [0, 0.1) is 0 Å². The predicted molar refractivity (Wildman–Crippen MR) is 45.8 cm³/mol. The predicted octanol–water partition coefficient (Wildman–Crippen LogP) is 3.33. The summed E-state index contributed by atoms with van der Waals surface area (Å²) in [6.45, 7) is 0. The van der Waals surface area contributed by atoms with Gasteiger partial charge in [-0.25, -0.2) is 13.8 Å². The minimum atomic E-state index is -2.73. The van der Waals surface area contributed by atoms with Gasteiger partial charge in [0.05, 0.1) is 12.1 Å². The van der Waals surface area contributed by atoms with Gasteiger partial charge in [-0.1, -0.05) is 23.2 Å². The minimum Gasteiger partial charge on any atom is -0.493 e. The molecule has 0 saturated heterocycles. The Balaban J connectivity index is 3.30. The van der Waals surface area contributed by atoms with E-state index in [1.165, 1.54) is 7.11 Å². The molecule has 0 N–H and O–H groups in total. The molecule has 13 heavy (non-hydrogen) atoms. The third-order valence-corrected chi connectivity index (χ3v) is 2.13. The van der Waals surface area contributed by atoms with Gasteiger partial charge in [0.1, 0.15) is 10.7 Å². The maximum Gasteiger partial charge on any atom is 0.284 e. The van der Waals surface area contributed by atoms with Gasteiger partial charge in [0, 0.05) is 6.20 Å². The van der Waals surface area contributed by atoms with Crippen LogP contribution in [0.1, 0.15) is 12.1 Å². The molecule has 0 radical (unpaired) electrons. The highest BCUT2D eigenvalue weighted by molar-refractivity contribution is 6.42. The van der Waals surface area contributed by atoms with Gasteiger partial charge in [0.2, 0.25) is 0 Å². The van der Waals surface area contributed by atoms with E-state index in [1.54, 1.807) is 0 Å². The Bertz CT molecular complexity index is 320. The maximum absolute atomic E-state index is 12.3. The average Bonchev–Trinajstić information content (AvgIpc) is 2.09. The van der Waals surface area contributed by atoms with Gasteiger partial charge in [-0.3, -0.25) is 0 Å². The number of hydrogen-bond donors (Lipinski definition) is 0. The van der Waals surface area contributed by atoms with Crippen molar-refractivity contribution in [3.8, 4) is 5.75 Å². The Hall–Kier alpha value is -0.610. The molecule has 0 aliphatic heterocycles. The second kappa shape index (κ2) is 4.07. The SMILES string of the molecule is COc1c(C(F)F)ncc(Cl)c1Cl. The molecule has 0 amide bonds. The van der Waals surface area contributed by atoms with Crippen molar-refractivity contribution in [3.63, 3.8) is 0 Å². The molecule has 0 bridgehead atoms. The molecule has 0 fully saturated rings. The van der Waals surface area contributed by atoms with Crippen LogP contribution in [0.25, 0.3) is 0 Å². The molecule has 0 spiro atoms. The fraction of sp³-hybridized carbons (Fsp3) is 0.286.